The Morgan fingerprint density at radius 2 is 2.12 bits per heavy atom. The number of nitrogens with one attached hydrogen (secondary N) is 2. The molecule has 2 amide bonds. The number of rotatable bonds is 3. The van der Waals surface area contributed by atoms with Crippen LogP contribution in [0.5, 0.6) is 0 Å². The molecule has 0 aliphatic heterocycles. The summed E-state index contributed by atoms with van der Waals surface area (Å²) in [6.07, 6.45) is 0.535. The van der Waals surface area contributed by atoms with Gasteiger partial charge in [0.25, 0.3) is 0 Å². The highest BCUT2D eigenvalue weighted by Crippen LogP contribution is 2.07. The van der Waals surface area contributed by atoms with Crippen LogP contribution in [0.15, 0.2) is 24.3 Å². The van der Waals surface area contributed by atoms with Crippen molar-refractivity contribution >= 4 is 11.7 Å². The fourth-order valence-corrected chi connectivity index (χ4v) is 1.08. The van der Waals surface area contributed by atoms with E-state index in [1.54, 1.807) is 6.92 Å². The van der Waals surface area contributed by atoms with Crippen LogP contribution in [0, 0.1) is 17.1 Å². The lowest BCUT2D eigenvalue weighted by atomic mass is 10.2. The number of nitriles is 1. The molecule has 1 rings (SSSR count). The average Bonchev–Trinajstić information content (AvgIpc) is 2.29. The van der Waals surface area contributed by atoms with Crippen molar-refractivity contribution in [3.8, 4) is 6.07 Å². The molecule has 1 aromatic carbocycles. The third-order valence-electron chi connectivity index (χ3n) is 1.97. The van der Waals surface area contributed by atoms with E-state index in [1.165, 1.54) is 24.3 Å². The fraction of sp³-hybridized carbons (Fsp3) is 0.273. The van der Waals surface area contributed by atoms with Crippen molar-refractivity contribution in [1.29, 1.82) is 5.26 Å². The number of hydrogen-bond donors (Lipinski definition) is 2. The minimum Gasteiger partial charge on any atom is -0.322 e. The van der Waals surface area contributed by atoms with Gasteiger partial charge >= 0.3 is 6.03 Å². The van der Waals surface area contributed by atoms with Crippen LogP contribution in [0.2, 0.25) is 0 Å². The van der Waals surface area contributed by atoms with Gasteiger partial charge in [-0.2, -0.15) is 5.26 Å². The highest BCUT2D eigenvalue weighted by Gasteiger charge is 2.08. The van der Waals surface area contributed by atoms with E-state index >= 15 is 0 Å². The van der Waals surface area contributed by atoms with Crippen molar-refractivity contribution in [3.05, 3.63) is 30.1 Å². The van der Waals surface area contributed by atoms with Gasteiger partial charge in [0.2, 0.25) is 0 Å². The van der Waals surface area contributed by atoms with Crippen LogP contribution < -0.4 is 10.6 Å². The molecule has 84 valence electrons. The molecule has 16 heavy (non-hydrogen) atoms. The van der Waals surface area contributed by atoms with Gasteiger partial charge in [-0.3, -0.25) is 0 Å². The lowest BCUT2D eigenvalue weighted by Crippen LogP contribution is -2.36. The number of urea groups is 1. The Morgan fingerprint density at radius 1 is 1.50 bits per heavy atom. The number of nitrogens with zero attached hydrogens (tertiary/aromatic N) is 1. The number of benzene rings is 1. The van der Waals surface area contributed by atoms with Gasteiger partial charge < -0.3 is 10.6 Å². The first-order valence-corrected chi connectivity index (χ1v) is 4.88. The van der Waals surface area contributed by atoms with Crippen LogP contribution in [-0.2, 0) is 0 Å². The molecule has 0 fully saturated rings. The monoisotopic (exact) mass is 221 g/mol. The van der Waals surface area contributed by atoms with Gasteiger partial charge in [0, 0.05) is 5.69 Å². The first kappa shape index (κ1) is 12.0. The van der Waals surface area contributed by atoms with Gasteiger partial charge in [0.05, 0.1) is 6.07 Å². The van der Waals surface area contributed by atoms with Crippen LogP contribution in [-0.4, -0.2) is 12.1 Å². The van der Waals surface area contributed by atoms with Crippen molar-refractivity contribution in [1.82, 2.24) is 5.32 Å². The number of hydrogen-bond acceptors (Lipinski definition) is 2. The number of carbonyl (C=O) groups excluding carboxylic acids is 1. The van der Waals surface area contributed by atoms with E-state index in [9.17, 15) is 9.18 Å². The summed E-state index contributed by atoms with van der Waals surface area (Å²) in [5.74, 6) is -0.366. The molecule has 0 saturated heterocycles. The molecule has 0 aliphatic rings. The van der Waals surface area contributed by atoms with E-state index in [2.05, 4.69) is 10.6 Å². The molecule has 0 aromatic heterocycles. The van der Waals surface area contributed by atoms with E-state index in [4.69, 9.17) is 5.26 Å². The largest absolute Gasteiger partial charge is 0.322 e. The Hall–Kier alpha value is -2.09. The molecular formula is C11H12FN3O. The Labute approximate surface area is 93.1 Å². The maximum Gasteiger partial charge on any atom is 0.320 e. The van der Waals surface area contributed by atoms with Crippen molar-refractivity contribution in [2.24, 2.45) is 0 Å². The van der Waals surface area contributed by atoms with Crippen molar-refractivity contribution in [2.75, 3.05) is 5.32 Å². The smallest absolute Gasteiger partial charge is 0.320 e. The van der Waals surface area contributed by atoms with Gasteiger partial charge in [-0.15, -0.1) is 0 Å². The Kier molecular flexibility index (Phi) is 4.28. The normalized spacial score (nSPS) is 11.3. The van der Waals surface area contributed by atoms with E-state index in [0.29, 0.717) is 12.1 Å². The van der Waals surface area contributed by atoms with Crippen LogP contribution in [0.4, 0.5) is 14.9 Å². The van der Waals surface area contributed by atoms with Crippen molar-refractivity contribution in [3.63, 3.8) is 0 Å². The lowest BCUT2D eigenvalue weighted by Gasteiger charge is -2.10. The second-order valence-electron chi connectivity index (χ2n) is 3.20. The second-order valence-corrected chi connectivity index (χ2v) is 3.20. The maximum absolute atomic E-state index is 12.6. The van der Waals surface area contributed by atoms with Crippen LogP contribution >= 0.6 is 0 Å². The number of halogens is 1. The number of anilines is 1. The third-order valence-corrected chi connectivity index (χ3v) is 1.97. The zero-order valence-corrected chi connectivity index (χ0v) is 8.83. The predicted octanol–water partition coefficient (Wildman–Crippen LogP) is 2.25. The highest BCUT2D eigenvalue weighted by molar-refractivity contribution is 5.89. The van der Waals surface area contributed by atoms with Gasteiger partial charge in [-0.25, -0.2) is 9.18 Å². The summed E-state index contributed by atoms with van der Waals surface area (Å²) < 4.78 is 12.6. The zero-order chi connectivity index (χ0) is 12.0. The highest BCUT2D eigenvalue weighted by atomic mass is 19.1. The van der Waals surface area contributed by atoms with Crippen LogP contribution in [0.25, 0.3) is 0 Å². The summed E-state index contributed by atoms with van der Waals surface area (Å²) in [6.45, 7) is 1.80. The molecule has 5 heteroatoms. The minimum absolute atomic E-state index is 0.366. The molecule has 0 heterocycles. The standard InChI is InChI=1S/C11H12FN3O/c1-2-9(7-13)14-11(16)15-10-5-3-8(12)4-6-10/h3-6,9H,2H2,1H3,(H2,14,15,16). The maximum atomic E-state index is 12.6. The van der Waals surface area contributed by atoms with Gasteiger partial charge in [0.15, 0.2) is 0 Å². The number of amides is 2. The third kappa shape index (κ3) is 3.58. The van der Waals surface area contributed by atoms with Crippen LogP contribution in [0.3, 0.4) is 0 Å². The summed E-state index contributed by atoms with van der Waals surface area (Å²) in [4.78, 5) is 11.4. The molecule has 4 nitrogen and oxygen atoms in total. The summed E-state index contributed by atoms with van der Waals surface area (Å²) in [6, 6.07) is 6.35. The van der Waals surface area contributed by atoms with E-state index < -0.39 is 12.1 Å². The molecule has 0 aliphatic carbocycles. The first-order valence-electron chi connectivity index (χ1n) is 4.88. The summed E-state index contributed by atoms with van der Waals surface area (Å²) in [5, 5.41) is 13.6. The molecule has 0 spiro atoms. The summed E-state index contributed by atoms with van der Waals surface area (Å²) in [7, 11) is 0. The SMILES string of the molecule is CCC(C#N)NC(=O)Nc1ccc(F)cc1. The van der Waals surface area contributed by atoms with E-state index in [1.807, 2.05) is 6.07 Å². The van der Waals surface area contributed by atoms with E-state index in [0.717, 1.165) is 0 Å². The Morgan fingerprint density at radius 3 is 2.62 bits per heavy atom. The van der Waals surface area contributed by atoms with Gasteiger partial charge in [-0.1, -0.05) is 6.92 Å². The molecular weight excluding hydrogens is 209 g/mol. The quantitative estimate of drug-likeness (QED) is 0.822. The summed E-state index contributed by atoms with van der Waals surface area (Å²) >= 11 is 0. The second kappa shape index (κ2) is 5.71. The van der Waals surface area contributed by atoms with Crippen molar-refractivity contribution in [2.45, 2.75) is 19.4 Å². The van der Waals surface area contributed by atoms with Crippen molar-refractivity contribution < 1.29 is 9.18 Å². The molecule has 2 N–H and O–H groups in total. The minimum atomic E-state index is -0.513. The molecule has 0 radical (unpaired) electrons. The lowest BCUT2D eigenvalue weighted by molar-refractivity contribution is 0.250. The van der Waals surface area contributed by atoms with Crippen LogP contribution in [0.1, 0.15) is 13.3 Å². The topological polar surface area (TPSA) is 64.9 Å². The van der Waals surface area contributed by atoms with Gasteiger partial charge in [0.1, 0.15) is 11.9 Å². The molecule has 1 unspecified atom stereocenters. The molecule has 0 bridgehead atoms. The number of carbonyl (C=O) groups is 1. The van der Waals surface area contributed by atoms with E-state index in [-0.39, 0.29) is 5.82 Å². The average molecular weight is 221 g/mol. The predicted molar refractivity (Wildman–Crippen MR) is 58.2 cm³/mol. The zero-order valence-electron chi connectivity index (χ0n) is 8.83. The summed E-state index contributed by atoms with van der Waals surface area (Å²) in [5.41, 5.74) is 0.478. The molecule has 1 aromatic rings. The molecule has 0 saturated carbocycles. The van der Waals surface area contributed by atoms with Gasteiger partial charge in [-0.05, 0) is 30.7 Å². The fourth-order valence-electron chi connectivity index (χ4n) is 1.08. The Balaban J connectivity index is 2.52. The Bertz CT molecular complexity index is 397. The first-order chi connectivity index (χ1) is 7.65. The molecule has 1 atom stereocenters.